The molecule has 0 aromatic carbocycles. The highest BCUT2D eigenvalue weighted by molar-refractivity contribution is 5.85. The molecule has 0 aliphatic rings. The standard InChI is InChI=1S/2C5H8O2.C2H6O2/c2*1-3-4(2)5(6)7;3-1-2-4/h2*2-3H2,1H3,(H,6,7);3-4H,1-2H2. The van der Waals surface area contributed by atoms with Crippen LogP contribution in [0.15, 0.2) is 24.3 Å². The first-order chi connectivity index (χ1) is 8.28. The van der Waals surface area contributed by atoms with Crippen LogP contribution in [0.5, 0.6) is 0 Å². The predicted octanol–water partition coefficient (Wildman–Crippen LogP) is 1.05. The minimum absolute atomic E-state index is 0.125. The molecule has 0 bridgehead atoms. The van der Waals surface area contributed by atoms with Crippen molar-refractivity contribution >= 4 is 11.9 Å². The summed E-state index contributed by atoms with van der Waals surface area (Å²) >= 11 is 0. The number of rotatable bonds is 5. The van der Waals surface area contributed by atoms with Gasteiger partial charge in [0.25, 0.3) is 0 Å². The third-order valence-corrected chi connectivity index (χ3v) is 1.56. The molecular formula is C12H22O6. The summed E-state index contributed by atoms with van der Waals surface area (Å²) < 4.78 is 0. The summed E-state index contributed by atoms with van der Waals surface area (Å²) in [6.45, 7) is 9.82. The van der Waals surface area contributed by atoms with Gasteiger partial charge in [0.15, 0.2) is 0 Å². The zero-order valence-electron chi connectivity index (χ0n) is 10.8. The number of aliphatic carboxylic acids is 2. The van der Waals surface area contributed by atoms with E-state index in [4.69, 9.17) is 20.4 Å². The van der Waals surface area contributed by atoms with E-state index in [1.165, 1.54) is 0 Å². The largest absolute Gasteiger partial charge is 0.478 e. The Hall–Kier alpha value is -1.66. The van der Waals surface area contributed by atoms with Crippen LogP contribution in [-0.4, -0.2) is 45.6 Å². The van der Waals surface area contributed by atoms with Crippen LogP contribution in [0.3, 0.4) is 0 Å². The van der Waals surface area contributed by atoms with E-state index in [1.54, 1.807) is 13.8 Å². The highest BCUT2D eigenvalue weighted by Gasteiger charge is 1.97. The number of hydrogen-bond donors (Lipinski definition) is 4. The monoisotopic (exact) mass is 262 g/mol. The molecule has 0 aliphatic heterocycles. The number of carboxylic acids is 2. The van der Waals surface area contributed by atoms with Crippen LogP contribution < -0.4 is 0 Å². The molecule has 0 saturated heterocycles. The second-order valence-electron chi connectivity index (χ2n) is 2.97. The second kappa shape index (κ2) is 15.3. The van der Waals surface area contributed by atoms with Crippen LogP contribution in [0.25, 0.3) is 0 Å². The Morgan fingerprint density at radius 3 is 1.06 bits per heavy atom. The summed E-state index contributed by atoms with van der Waals surface area (Å²) in [6, 6.07) is 0. The van der Waals surface area contributed by atoms with Gasteiger partial charge in [0.05, 0.1) is 13.2 Å². The molecule has 18 heavy (non-hydrogen) atoms. The van der Waals surface area contributed by atoms with Gasteiger partial charge in [-0.1, -0.05) is 27.0 Å². The third kappa shape index (κ3) is 19.8. The Bertz CT molecular complexity index is 242. The first-order valence-electron chi connectivity index (χ1n) is 5.32. The number of carbonyl (C=O) groups is 2. The zero-order valence-corrected chi connectivity index (χ0v) is 10.8. The number of hydrogen-bond acceptors (Lipinski definition) is 4. The minimum Gasteiger partial charge on any atom is -0.478 e. The predicted molar refractivity (Wildman–Crippen MR) is 68.3 cm³/mol. The fourth-order valence-corrected chi connectivity index (χ4v) is 0.302. The van der Waals surface area contributed by atoms with Gasteiger partial charge in [-0.25, -0.2) is 9.59 Å². The Morgan fingerprint density at radius 2 is 1.06 bits per heavy atom. The van der Waals surface area contributed by atoms with Crippen molar-refractivity contribution < 1.29 is 30.0 Å². The van der Waals surface area contributed by atoms with Crippen molar-refractivity contribution in [3.63, 3.8) is 0 Å². The average Bonchev–Trinajstić information content (AvgIpc) is 2.37. The summed E-state index contributed by atoms with van der Waals surface area (Å²) in [5.74, 6) is -1.80. The van der Waals surface area contributed by atoms with E-state index in [2.05, 4.69) is 13.2 Å². The molecule has 0 radical (unpaired) electrons. The van der Waals surface area contributed by atoms with Gasteiger partial charge >= 0.3 is 11.9 Å². The molecule has 0 amide bonds. The Labute approximate surface area is 107 Å². The van der Waals surface area contributed by atoms with Crippen LogP contribution >= 0.6 is 0 Å². The lowest BCUT2D eigenvalue weighted by Gasteiger charge is -1.87. The highest BCUT2D eigenvalue weighted by Crippen LogP contribution is 1.93. The summed E-state index contributed by atoms with van der Waals surface area (Å²) in [5, 5.41) is 31.4. The fraction of sp³-hybridized carbons (Fsp3) is 0.500. The van der Waals surface area contributed by atoms with Gasteiger partial charge < -0.3 is 20.4 Å². The van der Waals surface area contributed by atoms with Crippen molar-refractivity contribution in [1.29, 1.82) is 0 Å². The molecule has 0 saturated carbocycles. The quantitative estimate of drug-likeness (QED) is 0.550. The minimum atomic E-state index is -0.900. The molecule has 0 unspecified atom stereocenters. The van der Waals surface area contributed by atoms with Crippen molar-refractivity contribution in [1.82, 2.24) is 0 Å². The zero-order chi connectivity index (χ0) is 15.1. The van der Waals surface area contributed by atoms with Crippen molar-refractivity contribution in [2.24, 2.45) is 0 Å². The molecular weight excluding hydrogens is 240 g/mol. The summed E-state index contributed by atoms with van der Waals surface area (Å²) in [7, 11) is 0. The lowest BCUT2D eigenvalue weighted by Crippen LogP contribution is -1.95. The van der Waals surface area contributed by atoms with E-state index in [1.807, 2.05) is 0 Å². The highest BCUT2D eigenvalue weighted by atomic mass is 16.4. The summed E-state index contributed by atoms with van der Waals surface area (Å²) in [4.78, 5) is 19.7. The first-order valence-corrected chi connectivity index (χ1v) is 5.32. The SMILES string of the molecule is C=C(CC)C(=O)O.C=C(CC)C(=O)O.OCCO. The van der Waals surface area contributed by atoms with Crippen LogP contribution in [0.4, 0.5) is 0 Å². The number of aliphatic hydroxyl groups is 2. The van der Waals surface area contributed by atoms with Gasteiger partial charge in [0.1, 0.15) is 0 Å². The molecule has 0 spiro atoms. The van der Waals surface area contributed by atoms with E-state index in [-0.39, 0.29) is 24.4 Å². The maximum atomic E-state index is 9.83. The molecule has 0 rings (SSSR count). The Morgan fingerprint density at radius 1 is 0.833 bits per heavy atom. The van der Waals surface area contributed by atoms with Gasteiger partial charge in [-0.15, -0.1) is 0 Å². The molecule has 0 aromatic heterocycles. The van der Waals surface area contributed by atoms with Crippen molar-refractivity contribution in [2.75, 3.05) is 13.2 Å². The lowest BCUT2D eigenvalue weighted by molar-refractivity contribution is -0.133. The number of carboxylic acid groups (broad SMARTS) is 2. The fourth-order valence-electron chi connectivity index (χ4n) is 0.302. The molecule has 0 aromatic rings. The van der Waals surface area contributed by atoms with E-state index in [0.717, 1.165) is 0 Å². The van der Waals surface area contributed by atoms with Gasteiger partial charge in [-0.3, -0.25) is 0 Å². The van der Waals surface area contributed by atoms with Crippen molar-refractivity contribution in [3.05, 3.63) is 24.3 Å². The van der Waals surface area contributed by atoms with Gasteiger partial charge in [0, 0.05) is 11.1 Å². The smallest absolute Gasteiger partial charge is 0.330 e. The normalized spacial score (nSPS) is 8.00. The molecule has 0 heterocycles. The van der Waals surface area contributed by atoms with Gasteiger partial charge in [-0.05, 0) is 12.8 Å². The van der Waals surface area contributed by atoms with E-state index in [0.29, 0.717) is 12.8 Å². The lowest BCUT2D eigenvalue weighted by atomic mass is 10.2. The van der Waals surface area contributed by atoms with Crippen molar-refractivity contribution in [3.8, 4) is 0 Å². The van der Waals surface area contributed by atoms with Gasteiger partial charge in [-0.2, -0.15) is 0 Å². The first kappa shape index (κ1) is 21.6. The summed E-state index contributed by atoms with van der Waals surface area (Å²) in [5.41, 5.74) is 0.528. The van der Waals surface area contributed by atoms with E-state index < -0.39 is 11.9 Å². The molecule has 0 aliphatic carbocycles. The van der Waals surface area contributed by atoms with E-state index >= 15 is 0 Å². The second-order valence-corrected chi connectivity index (χ2v) is 2.97. The van der Waals surface area contributed by atoms with Crippen LogP contribution in [0, 0.1) is 0 Å². The van der Waals surface area contributed by atoms with Crippen LogP contribution in [-0.2, 0) is 9.59 Å². The maximum absolute atomic E-state index is 9.83. The molecule has 0 fully saturated rings. The van der Waals surface area contributed by atoms with Crippen LogP contribution in [0.2, 0.25) is 0 Å². The van der Waals surface area contributed by atoms with Gasteiger partial charge in [0.2, 0.25) is 0 Å². The topological polar surface area (TPSA) is 115 Å². The molecule has 0 atom stereocenters. The van der Waals surface area contributed by atoms with Crippen molar-refractivity contribution in [2.45, 2.75) is 26.7 Å². The summed E-state index contributed by atoms with van der Waals surface area (Å²) in [6.07, 6.45) is 1.05. The molecule has 6 nitrogen and oxygen atoms in total. The molecule has 4 N–H and O–H groups in total. The van der Waals surface area contributed by atoms with E-state index in [9.17, 15) is 9.59 Å². The Kier molecular flexibility index (Phi) is 18.4. The number of aliphatic hydroxyl groups excluding tert-OH is 2. The molecule has 106 valence electrons. The Balaban J connectivity index is -0.000000196. The third-order valence-electron chi connectivity index (χ3n) is 1.56. The maximum Gasteiger partial charge on any atom is 0.330 e. The molecule has 6 heteroatoms. The average molecular weight is 262 g/mol. The van der Waals surface area contributed by atoms with Crippen LogP contribution in [0.1, 0.15) is 26.7 Å².